The van der Waals surface area contributed by atoms with Crippen molar-refractivity contribution in [3.8, 4) is 0 Å². The van der Waals surface area contributed by atoms with E-state index in [1.165, 1.54) is 0 Å². The van der Waals surface area contributed by atoms with Crippen molar-refractivity contribution in [1.82, 2.24) is 10.2 Å². The summed E-state index contributed by atoms with van der Waals surface area (Å²) in [6.45, 7) is 1.04. The molecule has 5 nitrogen and oxygen atoms in total. The summed E-state index contributed by atoms with van der Waals surface area (Å²) in [5.41, 5.74) is 0.924. The quantitative estimate of drug-likeness (QED) is 0.918. The molecule has 6 heteroatoms. The van der Waals surface area contributed by atoms with Crippen LogP contribution < -0.4 is 5.32 Å². The first-order valence-corrected chi connectivity index (χ1v) is 8.13. The van der Waals surface area contributed by atoms with E-state index < -0.39 is 6.09 Å². The van der Waals surface area contributed by atoms with E-state index in [0.717, 1.165) is 24.3 Å². The highest BCUT2D eigenvalue weighted by Crippen LogP contribution is 2.37. The lowest BCUT2D eigenvalue weighted by Crippen LogP contribution is -2.44. The zero-order chi connectivity index (χ0) is 14.7. The first kappa shape index (κ1) is 14.3. The molecule has 2 bridgehead atoms. The Morgan fingerprint density at radius 2 is 2.14 bits per heavy atom. The molecule has 0 spiro atoms. The fraction of sp³-hybridized carbons (Fsp3) is 0.467. The van der Waals surface area contributed by atoms with Crippen LogP contribution in [0, 0.1) is 0 Å². The molecular weight excluding hydrogens is 288 g/mol. The number of carbonyl (C=O) groups excluding carboxylic acids is 2. The van der Waals surface area contributed by atoms with Crippen molar-refractivity contribution >= 4 is 23.8 Å². The monoisotopic (exact) mass is 306 g/mol. The van der Waals surface area contributed by atoms with Crippen molar-refractivity contribution in [2.24, 2.45) is 0 Å². The maximum atomic E-state index is 12.1. The van der Waals surface area contributed by atoms with Gasteiger partial charge in [0.15, 0.2) is 0 Å². The van der Waals surface area contributed by atoms with Crippen molar-refractivity contribution in [3.63, 3.8) is 0 Å². The SMILES string of the molecule is O=C(NCC(=O)N1CC2CC1CS2)OCc1ccccc1. The molecule has 2 aliphatic rings. The Labute approximate surface area is 128 Å². The molecule has 2 heterocycles. The number of carbonyl (C=O) groups is 2. The van der Waals surface area contributed by atoms with Crippen molar-refractivity contribution in [2.75, 3.05) is 18.8 Å². The lowest BCUT2D eigenvalue weighted by Gasteiger charge is -2.26. The third-order valence-corrected chi connectivity index (χ3v) is 5.21. The number of hydrogen-bond donors (Lipinski definition) is 1. The van der Waals surface area contributed by atoms with E-state index in [9.17, 15) is 9.59 Å². The summed E-state index contributed by atoms with van der Waals surface area (Å²) < 4.78 is 5.08. The fourth-order valence-electron chi connectivity index (χ4n) is 2.73. The lowest BCUT2D eigenvalue weighted by molar-refractivity contribution is -0.130. The molecular formula is C15H18N2O3S. The maximum Gasteiger partial charge on any atom is 0.407 e. The molecule has 1 aromatic carbocycles. The summed E-state index contributed by atoms with van der Waals surface area (Å²) in [7, 11) is 0. The number of likely N-dealkylation sites (tertiary alicyclic amines) is 1. The Bertz CT molecular complexity index is 523. The summed E-state index contributed by atoms with van der Waals surface area (Å²) in [6.07, 6.45) is 0.542. The number of ether oxygens (including phenoxy) is 1. The number of rotatable bonds is 4. The molecule has 2 atom stereocenters. The van der Waals surface area contributed by atoms with Crippen LogP contribution >= 0.6 is 11.8 Å². The molecule has 3 rings (SSSR count). The molecule has 21 heavy (non-hydrogen) atoms. The third kappa shape index (κ3) is 3.50. The molecule has 2 fully saturated rings. The number of nitrogens with one attached hydrogen (secondary N) is 1. The van der Waals surface area contributed by atoms with Gasteiger partial charge in [-0.15, -0.1) is 0 Å². The molecule has 2 saturated heterocycles. The van der Waals surface area contributed by atoms with Crippen LogP contribution in [0.25, 0.3) is 0 Å². The minimum absolute atomic E-state index is 0.0144. The van der Waals surface area contributed by atoms with Gasteiger partial charge >= 0.3 is 6.09 Å². The van der Waals surface area contributed by atoms with E-state index in [4.69, 9.17) is 4.74 Å². The van der Waals surface area contributed by atoms with Gasteiger partial charge in [0.25, 0.3) is 0 Å². The first-order valence-electron chi connectivity index (χ1n) is 7.08. The van der Waals surface area contributed by atoms with E-state index in [-0.39, 0.29) is 19.1 Å². The van der Waals surface area contributed by atoms with Gasteiger partial charge in [-0.25, -0.2) is 4.79 Å². The molecule has 0 aromatic heterocycles. The number of nitrogens with zero attached hydrogens (tertiary/aromatic N) is 1. The normalized spacial score (nSPS) is 23.1. The number of fused-ring (bicyclic) bond motifs is 2. The van der Waals surface area contributed by atoms with E-state index in [1.807, 2.05) is 47.0 Å². The number of benzene rings is 1. The van der Waals surface area contributed by atoms with Gasteiger partial charge in [0.2, 0.25) is 5.91 Å². The van der Waals surface area contributed by atoms with E-state index >= 15 is 0 Å². The second kappa shape index (κ2) is 6.39. The van der Waals surface area contributed by atoms with Gasteiger partial charge < -0.3 is 15.0 Å². The van der Waals surface area contributed by atoms with Crippen LogP contribution in [0.3, 0.4) is 0 Å². The Balaban J connectivity index is 1.38. The smallest absolute Gasteiger partial charge is 0.407 e. The number of hydrogen-bond acceptors (Lipinski definition) is 4. The average molecular weight is 306 g/mol. The first-order chi connectivity index (χ1) is 10.2. The summed E-state index contributed by atoms with van der Waals surface area (Å²) >= 11 is 1.94. The Morgan fingerprint density at radius 3 is 2.81 bits per heavy atom. The Morgan fingerprint density at radius 1 is 1.33 bits per heavy atom. The predicted molar refractivity (Wildman–Crippen MR) is 81.0 cm³/mol. The second-order valence-electron chi connectivity index (χ2n) is 5.31. The zero-order valence-electron chi connectivity index (χ0n) is 11.7. The van der Waals surface area contributed by atoms with Crippen LogP contribution in [0.2, 0.25) is 0 Å². The van der Waals surface area contributed by atoms with Crippen LogP contribution in [0.5, 0.6) is 0 Å². The summed E-state index contributed by atoms with van der Waals surface area (Å²) in [5, 5.41) is 3.12. The van der Waals surface area contributed by atoms with Gasteiger partial charge in [-0.1, -0.05) is 30.3 Å². The fourth-order valence-corrected chi connectivity index (χ4v) is 4.16. The molecule has 2 amide bonds. The van der Waals surface area contributed by atoms with E-state index in [1.54, 1.807) is 0 Å². The predicted octanol–water partition coefficient (Wildman–Crippen LogP) is 1.63. The molecule has 0 radical (unpaired) electrons. The molecule has 112 valence electrons. The van der Waals surface area contributed by atoms with Crippen molar-refractivity contribution in [3.05, 3.63) is 35.9 Å². The van der Waals surface area contributed by atoms with Crippen molar-refractivity contribution in [1.29, 1.82) is 0 Å². The van der Waals surface area contributed by atoms with E-state index in [2.05, 4.69) is 5.32 Å². The number of alkyl carbamates (subject to hydrolysis) is 1. The van der Waals surface area contributed by atoms with Crippen molar-refractivity contribution < 1.29 is 14.3 Å². The molecule has 0 aliphatic carbocycles. The van der Waals surface area contributed by atoms with Gasteiger partial charge in [-0.2, -0.15) is 11.8 Å². The maximum absolute atomic E-state index is 12.1. The number of amides is 2. The topological polar surface area (TPSA) is 58.6 Å². The standard InChI is InChI=1S/C15H18N2O3S/c18-14(17-8-13-6-12(17)10-21-13)7-16-15(19)20-9-11-4-2-1-3-5-11/h1-5,12-13H,6-10H2,(H,16,19). The van der Waals surface area contributed by atoms with Gasteiger partial charge in [0.05, 0.1) is 0 Å². The summed E-state index contributed by atoms with van der Waals surface area (Å²) in [4.78, 5) is 25.5. The minimum Gasteiger partial charge on any atom is -0.445 e. The molecule has 1 aromatic rings. The van der Waals surface area contributed by atoms with E-state index in [0.29, 0.717) is 11.3 Å². The molecule has 2 unspecified atom stereocenters. The summed E-state index contributed by atoms with van der Waals surface area (Å²) in [5.74, 6) is 1.01. The highest BCUT2D eigenvalue weighted by molar-refractivity contribution is 8.00. The third-order valence-electron chi connectivity index (χ3n) is 3.82. The molecule has 2 aliphatic heterocycles. The largest absolute Gasteiger partial charge is 0.445 e. The van der Waals surface area contributed by atoms with Crippen LogP contribution in [0.15, 0.2) is 30.3 Å². The highest BCUT2D eigenvalue weighted by atomic mass is 32.2. The van der Waals surface area contributed by atoms with Crippen LogP contribution in [-0.4, -0.2) is 47.0 Å². The van der Waals surface area contributed by atoms with Gasteiger partial charge in [-0.3, -0.25) is 4.79 Å². The molecule has 1 N–H and O–H groups in total. The average Bonchev–Trinajstić information content (AvgIpc) is 3.14. The minimum atomic E-state index is -0.550. The summed E-state index contributed by atoms with van der Waals surface area (Å²) in [6, 6.07) is 9.81. The Hall–Kier alpha value is -1.69. The highest BCUT2D eigenvalue weighted by Gasteiger charge is 2.40. The molecule has 0 saturated carbocycles. The van der Waals surface area contributed by atoms with Crippen LogP contribution in [0.4, 0.5) is 4.79 Å². The van der Waals surface area contributed by atoms with Crippen LogP contribution in [-0.2, 0) is 16.1 Å². The number of thioether (sulfide) groups is 1. The lowest BCUT2D eigenvalue weighted by atomic mass is 10.2. The van der Waals surface area contributed by atoms with Gasteiger partial charge in [-0.05, 0) is 12.0 Å². The van der Waals surface area contributed by atoms with Gasteiger partial charge in [0.1, 0.15) is 13.2 Å². The van der Waals surface area contributed by atoms with Crippen LogP contribution in [0.1, 0.15) is 12.0 Å². The second-order valence-corrected chi connectivity index (χ2v) is 6.64. The van der Waals surface area contributed by atoms with Gasteiger partial charge in [0, 0.05) is 23.6 Å². The Kier molecular flexibility index (Phi) is 4.34. The van der Waals surface area contributed by atoms with Crippen molar-refractivity contribution in [2.45, 2.75) is 24.3 Å². The zero-order valence-corrected chi connectivity index (χ0v) is 12.5.